The van der Waals surface area contributed by atoms with Crippen molar-refractivity contribution in [3.8, 4) is 0 Å². The second-order valence-electron chi connectivity index (χ2n) is 6.63. The minimum Gasteiger partial charge on any atom is -0.321 e. The van der Waals surface area contributed by atoms with E-state index in [1.165, 1.54) is 5.56 Å². The van der Waals surface area contributed by atoms with Gasteiger partial charge in [-0.1, -0.05) is 60.7 Å². The molecule has 3 rings (SSSR count). The summed E-state index contributed by atoms with van der Waals surface area (Å²) < 4.78 is 0. The SMILES string of the molecule is CC1=C(NC(=O)CCc2ccccc2)C(=O)[N]C(CCc2ccccc2)=C1. The summed E-state index contributed by atoms with van der Waals surface area (Å²) in [5, 5.41) is 6.89. The molecule has 0 aliphatic carbocycles. The normalized spacial score (nSPS) is 13.8. The molecule has 2 amide bonds. The number of allylic oxidation sites excluding steroid dienone is 3. The molecule has 0 spiro atoms. The van der Waals surface area contributed by atoms with Gasteiger partial charge in [-0.3, -0.25) is 9.59 Å². The molecule has 0 saturated carbocycles. The Morgan fingerprint density at radius 3 is 2.07 bits per heavy atom. The molecule has 0 fully saturated rings. The zero-order chi connectivity index (χ0) is 19.1. The molecule has 0 saturated heterocycles. The van der Waals surface area contributed by atoms with Gasteiger partial charge in [-0.15, -0.1) is 0 Å². The van der Waals surface area contributed by atoms with Gasteiger partial charge < -0.3 is 5.32 Å². The first-order valence-corrected chi connectivity index (χ1v) is 9.17. The Balaban J connectivity index is 1.57. The summed E-state index contributed by atoms with van der Waals surface area (Å²) in [5.41, 5.74) is 4.11. The minimum atomic E-state index is -0.369. The van der Waals surface area contributed by atoms with Crippen molar-refractivity contribution in [3.63, 3.8) is 0 Å². The molecule has 1 aliphatic heterocycles. The van der Waals surface area contributed by atoms with Crippen LogP contribution in [0, 0.1) is 0 Å². The maximum atomic E-state index is 12.4. The Labute approximate surface area is 160 Å². The number of nitrogens with zero attached hydrogens (tertiary/aromatic N) is 1. The van der Waals surface area contributed by atoms with Crippen molar-refractivity contribution in [2.24, 2.45) is 0 Å². The van der Waals surface area contributed by atoms with Crippen LogP contribution in [-0.2, 0) is 22.4 Å². The van der Waals surface area contributed by atoms with Crippen LogP contribution in [0.2, 0.25) is 0 Å². The average Bonchev–Trinajstić information content (AvgIpc) is 2.69. The molecule has 137 valence electrons. The van der Waals surface area contributed by atoms with Crippen LogP contribution < -0.4 is 10.6 Å². The van der Waals surface area contributed by atoms with Crippen molar-refractivity contribution in [3.05, 3.63) is 94.8 Å². The van der Waals surface area contributed by atoms with Gasteiger partial charge in [0.1, 0.15) is 5.70 Å². The van der Waals surface area contributed by atoms with Gasteiger partial charge in [0, 0.05) is 12.1 Å². The van der Waals surface area contributed by atoms with E-state index in [0.717, 1.165) is 23.3 Å². The van der Waals surface area contributed by atoms with Gasteiger partial charge in [-0.2, -0.15) is 0 Å². The summed E-state index contributed by atoms with van der Waals surface area (Å²) in [6.07, 6.45) is 4.39. The third-order valence-electron chi connectivity index (χ3n) is 4.50. The lowest BCUT2D eigenvalue weighted by Crippen LogP contribution is -2.34. The first kappa shape index (κ1) is 18.6. The number of carbonyl (C=O) groups excluding carboxylic acids is 2. The largest absolute Gasteiger partial charge is 0.321 e. The zero-order valence-corrected chi connectivity index (χ0v) is 15.4. The number of amides is 2. The first-order valence-electron chi connectivity index (χ1n) is 9.17. The maximum Gasteiger partial charge on any atom is 0.293 e. The fourth-order valence-corrected chi connectivity index (χ4v) is 3.01. The van der Waals surface area contributed by atoms with Crippen LogP contribution >= 0.6 is 0 Å². The van der Waals surface area contributed by atoms with Crippen LogP contribution in [0.25, 0.3) is 0 Å². The van der Waals surface area contributed by atoms with Crippen molar-refractivity contribution in [1.82, 2.24) is 10.6 Å². The van der Waals surface area contributed by atoms with Crippen LogP contribution in [0.5, 0.6) is 0 Å². The van der Waals surface area contributed by atoms with Crippen molar-refractivity contribution in [2.45, 2.75) is 32.6 Å². The van der Waals surface area contributed by atoms with Gasteiger partial charge in [0.15, 0.2) is 0 Å². The third-order valence-corrected chi connectivity index (χ3v) is 4.50. The molecule has 0 unspecified atom stereocenters. The van der Waals surface area contributed by atoms with Crippen molar-refractivity contribution < 1.29 is 9.59 Å². The van der Waals surface area contributed by atoms with Gasteiger partial charge in [0.2, 0.25) is 5.91 Å². The van der Waals surface area contributed by atoms with Crippen LogP contribution in [0.3, 0.4) is 0 Å². The fraction of sp³-hybridized carbons (Fsp3) is 0.217. The molecule has 4 nitrogen and oxygen atoms in total. The Kier molecular flexibility index (Phi) is 6.21. The molecule has 1 radical (unpaired) electrons. The molecule has 2 aromatic rings. The topological polar surface area (TPSA) is 60.3 Å². The van der Waals surface area contributed by atoms with Crippen LogP contribution in [0.15, 0.2) is 83.7 Å². The minimum absolute atomic E-state index is 0.169. The second-order valence-corrected chi connectivity index (χ2v) is 6.63. The van der Waals surface area contributed by atoms with E-state index >= 15 is 0 Å². The highest BCUT2D eigenvalue weighted by atomic mass is 16.2. The number of benzene rings is 2. The Bertz CT molecular complexity index is 868. The highest BCUT2D eigenvalue weighted by Gasteiger charge is 2.22. The molecular weight excluding hydrogens is 336 g/mol. The van der Waals surface area contributed by atoms with Crippen molar-refractivity contribution >= 4 is 11.8 Å². The number of rotatable bonds is 7. The van der Waals surface area contributed by atoms with E-state index in [1.807, 2.05) is 61.5 Å². The first-order chi connectivity index (χ1) is 13.1. The van der Waals surface area contributed by atoms with Crippen molar-refractivity contribution in [1.29, 1.82) is 0 Å². The van der Waals surface area contributed by atoms with Gasteiger partial charge in [0.25, 0.3) is 5.91 Å². The second kappa shape index (κ2) is 8.99. The zero-order valence-electron chi connectivity index (χ0n) is 15.4. The van der Waals surface area contributed by atoms with Gasteiger partial charge in [0.05, 0.1) is 0 Å². The highest BCUT2D eigenvalue weighted by molar-refractivity contribution is 6.00. The van der Waals surface area contributed by atoms with Crippen LogP contribution in [0.4, 0.5) is 0 Å². The Morgan fingerprint density at radius 1 is 0.889 bits per heavy atom. The number of carbonyl (C=O) groups is 2. The molecule has 0 aromatic heterocycles. The van der Waals surface area contributed by atoms with Gasteiger partial charge >= 0.3 is 0 Å². The lowest BCUT2D eigenvalue weighted by Gasteiger charge is -2.17. The lowest BCUT2D eigenvalue weighted by atomic mass is 10.0. The van der Waals surface area contributed by atoms with E-state index in [-0.39, 0.29) is 17.5 Å². The van der Waals surface area contributed by atoms with E-state index in [2.05, 4.69) is 22.8 Å². The maximum absolute atomic E-state index is 12.4. The summed E-state index contributed by atoms with van der Waals surface area (Å²) in [6.45, 7) is 1.84. The van der Waals surface area contributed by atoms with E-state index < -0.39 is 0 Å². The Hall–Kier alpha value is -3.14. The summed E-state index contributed by atoms with van der Waals surface area (Å²) in [5.74, 6) is -0.538. The molecule has 27 heavy (non-hydrogen) atoms. The predicted octanol–water partition coefficient (Wildman–Crippen LogP) is 3.67. The summed E-state index contributed by atoms with van der Waals surface area (Å²) in [4.78, 5) is 24.6. The van der Waals surface area contributed by atoms with Gasteiger partial charge in [-0.05, 0) is 49.0 Å². The fourth-order valence-electron chi connectivity index (χ4n) is 3.01. The Morgan fingerprint density at radius 2 is 1.48 bits per heavy atom. The monoisotopic (exact) mass is 359 g/mol. The van der Waals surface area contributed by atoms with E-state index in [4.69, 9.17) is 0 Å². The van der Waals surface area contributed by atoms with Crippen LogP contribution in [-0.4, -0.2) is 11.8 Å². The predicted molar refractivity (Wildman–Crippen MR) is 106 cm³/mol. The lowest BCUT2D eigenvalue weighted by molar-refractivity contribution is -0.123. The molecule has 2 aromatic carbocycles. The summed E-state index contributed by atoms with van der Waals surface area (Å²) >= 11 is 0. The number of nitrogens with one attached hydrogen (secondary N) is 1. The third kappa shape index (κ3) is 5.42. The standard InChI is InChI=1S/C23H23N2O2/c1-17-16-20(14-12-18-8-4-2-5-9-18)24-23(27)22(17)25-21(26)15-13-19-10-6-3-7-11-19/h2-11,16H,12-15H2,1H3,(H,25,26). The summed E-state index contributed by atoms with van der Waals surface area (Å²) in [7, 11) is 0. The van der Waals surface area contributed by atoms with E-state index in [9.17, 15) is 9.59 Å². The molecule has 0 atom stereocenters. The quantitative estimate of drug-likeness (QED) is 0.820. The molecule has 1 N–H and O–H groups in total. The molecule has 4 heteroatoms. The smallest absolute Gasteiger partial charge is 0.293 e. The van der Waals surface area contributed by atoms with Crippen LogP contribution in [0.1, 0.15) is 30.9 Å². The number of hydrogen-bond acceptors (Lipinski definition) is 2. The molecule has 0 bridgehead atoms. The van der Waals surface area contributed by atoms with E-state index in [0.29, 0.717) is 19.3 Å². The summed E-state index contributed by atoms with van der Waals surface area (Å²) in [6, 6.07) is 19.9. The number of aryl methyl sites for hydroxylation is 2. The average molecular weight is 359 g/mol. The molecular formula is C23H23N2O2. The van der Waals surface area contributed by atoms with Crippen molar-refractivity contribution in [2.75, 3.05) is 0 Å². The highest BCUT2D eigenvalue weighted by Crippen LogP contribution is 2.18. The number of hydrogen-bond donors (Lipinski definition) is 1. The molecule has 1 heterocycles. The van der Waals surface area contributed by atoms with Gasteiger partial charge in [-0.25, -0.2) is 5.32 Å². The molecule has 1 aliphatic rings. The van der Waals surface area contributed by atoms with E-state index in [1.54, 1.807) is 0 Å².